The highest BCUT2D eigenvalue weighted by atomic mass is 79.9. The van der Waals surface area contributed by atoms with Crippen molar-refractivity contribution < 1.29 is 4.74 Å². The summed E-state index contributed by atoms with van der Waals surface area (Å²) in [6, 6.07) is 11.5. The third kappa shape index (κ3) is 7.18. The van der Waals surface area contributed by atoms with E-state index in [2.05, 4.69) is 34.2 Å². The summed E-state index contributed by atoms with van der Waals surface area (Å²) in [5.74, 6) is 0.871. The molecule has 0 aliphatic rings. The molecule has 0 amide bonds. The SMILES string of the molecule is CCCCCCNCc1cc(Br)ccc1OCc1ccc(Cl)cc1Cl. The molecule has 2 aromatic carbocycles. The fourth-order valence-corrected chi connectivity index (χ4v) is 3.39. The Kier molecular flexibility index (Phi) is 9.11. The van der Waals surface area contributed by atoms with Gasteiger partial charge in [-0.05, 0) is 43.3 Å². The first-order valence-corrected chi connectivity index (χ1v) is 10.2. The van der Waals surface area contributed by atoms with Gasteiger partial charge >= 0.3 is 0 Å². The Hall–Kier alpha value is -0.740. The topological polar surface area (TPSA) is 21.3 Å². The zero-order chi connectivity index (χ0) is 18.1. The average Bonchev–Trinajstić information content (AvgIpc) is 2.58. The Morgan fingerprint density at radius 3 is 2.60 bits per heavy atom. The molecule has 136 valence electrons. The van der Waals surface area contributed by atoms with E-state index >= 15 is 0 Å². The molecule has 2 rings (SSSR count). The van der Waals surface area contributed by atoms with Gasteiger partial charge in [0.25, 0.3) is 0 Å². The number of hydrogen-bond acceptors (Lipinski definition) is 2. The Morgan fingerprint density at radius 1 is 1.00 bits per heavy atom. The van der Waals surface area contributed by atoms with Crippen molar-refractivity contribution in [1.29, 1.82) is 0 Å². The summed E-state index contributed by atoms with van der Waals surface area (Å²) in [5.41, 5.74) is 2.06. The molecule has 25 heavy (non-hydrogen) atoms. The third-order valence-corrected chi connectivity index (χ3v) is 5.02. The second-order valence-corrected chi connectivity index (χ2v) is 7.77. The maximum atomic E-state index is 6.22. The molecule has 0 aromatic heterocycles. The Morgan fingerprint density at radius 2 is 1.84 bits per heavy atom. The summed E-state index contributed by atoms with van der Waals surface area (Å²) >= 11 is 15.7. The largest absolute Gasteiger partial charge is 0.489 e. The van der Waals surface area contributed by atoms with Gasteiger partial charge in [0.1, 0.15) is 12.4 Å². The highest BCUT2D eigenvalue weighted by Gasteiger charge is 2.07. The molecular weight excluding hydrogens is 421 g/mol. The minimum atomic E-state index is 0.418. The molecule has 1 N–H and O–H groups in total. The van der Waals surface area contributed by atoms with Crippen LogP contribution < -0.4 is 10.1 Å². The number of nitrogens with one attached hydrogen (secondary N) is 1. The number of halogens is 3. The highest BCUT2D eigenvalue weighted by Crippen LogP contribution is 2.26. The first-order valence-electron chi connectivity index (χ1n) is 8.66. The van der Waals surface area contributed by atoms with Crippen molar-refractivity contribution in [1.82, 2.24) is 5.32 Å². The first kappa shape index (κ1) is 20.6. The van der Waals surface area contributed by atoms with E-state index in [9.17, 15) is 0 Å². The summed E-state index contributed by atoms with van der Waals surface area (Å²) in [7, 11) is 0. The van der Waals surface area contributed by atoms with Crippen molar-refractivity contribution in [2.45, 2.75) is 45.8 Å². The lowest BCUT2D eigenvalue weighted by atomic mass is 10.2. The van der Waals surface area contributed by atoms with Gasteiger partial charge in [-0.3, -0.25) is 0 Å². The van der Waals surface area contributed by atoms with E-state index in [1.807, 2.05) is 24.3 Å². The molecule has 0 atom stereocenters. The van der Waals surface area contributed by atoms with Crippen molar-refractivity contribution >= 4 is 39.1 Å². The van der Waals surface area contributed by atoms with Gasteiger partial charge in [0.2, 0.25) is 0 Å². The standard InChI is InChI=1S/C20H24BrCl2NO/c1-2-3-4-5-10-24-13-16-11-17(21)7-9-20(16)25-14-15-6-8-18(22)12-19(15)23/h6-9,11-12,24H,2-5,10,13-14H2,1H3. The van der Waals surface area contributed by atoms with E-state index in [4.69, 9.17) is 27.9 Å². The molecule has 5 heteroatoms. The van der Waals surface area contributed by atoms with Gasteiger partial charge in [-0.1, -0.05) is 71.4 Å². The minimum absolute atomic E-state index is 0.418. The van der Waals surface area contributed by atoms with E-state index in [0.717, 1.165) is 34.4 Å². The zero-order valence-electron chi connectivity index (χ0n) is 14.5. The Labute approximate surface area is 169 Å². The van der Waals surface area contributed by atoms with Crippen LogP contribution in [0.3, 0.4) is 0 Å². The smallest absolute Gasteiger partial charge is 0.124 e. The van der Waals surface area contributed by atoms with Crippen LogP contribution >= 0.6 is 39.1 Å². The molecule has 0 heterocycles. The van der Waals surface area contributed by atoms with Crippen LogP contribution in [-0.4, -0.2) is 6.54 Å². The summed E-state index contributed by atoms with van der Waals surface area (Å²) < 4.78 is 7.05. The molecule has 0 aliphatic carbocycles. The van der Waals surface area contributed by atoms with Gasteiger partial charge in [-0.15, -0.1) is 0 Å². The van der Waals surface area contributed by atoms with Gasteiger partial charge in [-0.25, -0.2) is 0 Å². The monoisotopic (exact) mass is 443 g/mol. The van der Waals surface area contributed by atoms with Gasteiger partial charge in [0.05, 0.1) is 0 Å². The van der Waals surface area contributed by atoms with Crippen LogP contribution in [0.15, 0.2) is 40.9 Å². The molecular formula is C20H24BrCl2NO. The molecule has 0 bridgehead atoms. The van der Waals surface area contributed by atoms with Crippen molar-refractivity contribution in [3.63, 3.8) is 0 Å². The normalized spacial score (nSPS) is 10.9. The highest BCUT2D eigenvalue weighted by molar-refractivity contribution is 9.10. The molecule has 0 saturated heterocycles. The number of benzene rings is 2. The number of ether oxygens (including phenoxy) is 1. The van der Waals surface area contributed by atoms with E-state index in [-0.39, 0.29) is 0 Å². The van der Waals surface area contributed by atoms with Crippen molar-refractivity contribution in [3.8, 4) is 5.75 Å². The maximum Gasteiger partial charge on any atom is 0.124 e. The fraction of sp³-hybridized carbons (Fsp3) is 0.400. The average molecular weight is 445 g/mol. The van der Waals surface area contributed by atoms with E-state index in [0.29, 0.717) is 16.7 Å². The molecule has 0 aliphatic heterocycles. The van der Waals surface area contributed by atoms with Gasteiger partial charge in [-0.2, -0.15) is 0 Å². The van der Waals surface area contributed by atoms with Crippen LogP contribution in [0.4, 0.5) is 0 Å². The molecule has 0 saturated carbocycles. The molecule has 2 nitrogen and oxygen atoms in total. The van der Waals surface area contributed by atoms with Gasteiger partial charge in [0, 0.05) is 32.2 Å². The molecule has 0 unspecified atom stereocenters. The van der Waals surface area contributed by atoms with Gasteiger partial charge in [0.15, 0.2) is 0 Å². The summed E-state index contributed by atoms with van der Waals surface area (Å²) in [5, 5.41) is 4.76. The Bertz CT molecular complexity index is 679. The van der Waals surface area contributed by atoms with Crippen molar-refractivity contribution in [2.75, 3.05) is 6.54 Å². The number of unbranched alkanes of at least 4 members (excludes halogenated alkanes) is 3. The predicted octanol–water partition coefficient (Wildman–Crippen LogP) is 7.00. The maximum absolute atomic E-state index is 6.22. The van der Waals surface area contributed by atoms with Crippen molar-refractivity contribution in [2.24, 2.45) is 0 Å². The quantitative estimate of drug-likeness (QED) is 0.398. The summed E-state index contributed by atoms with van der Waals surface area (Å²) in [4.78, 5) is 0. The van der Waals surface area contributed by atoms with Crippen LogP contribution in [0.2, 0.25) is 10.0 Å². The lowest BCUT2D eigenvalue weighted by Gasteiger charge is -2.14. The molecule has 2 aromatic rings. The van der Waals surface area contributed by atoms with Crippen molar-refractivity contribution in [3.05, 3.63) is 62.0 Å². The first-order chi connectivity index (χ1) is 12.1. The second-order valence-electron chi connectivity index (χ2n) is 6.01. The van der Waals surface area contributed by atoms with Crippen LogP contribution in [0.1, 0.15) is 43.7 Å². The number of rotatable bonds is 10. The van der Waals surface area contributed by atoms with E-state index < -0.39 is 0 Å². The fourth-order valence-electron chi connectivity index (χ4n) is 2.52. The lowest BCUT2D eigenvalue weighted by molar-refractivity contribution is 0.302. The predicted molar refractivity (Wildman–Crippen MR) is 111 cm³/mol. The summed E-state index contributed by atoms with van der Waals surface area (Å²) in [6.45, 7) is 4.46. The summed E-state index contributed by atoms with van der Waals surface area (Å²) in [6.07, 6.45) is 5.05. The molecule has 0 spiro atoms. The number of hydrogen-bond donors (Lipinski definition) is 1. The Balaban J connectivity index is 1.93. The third-order valence-electron chi connectivity index (χ3n) is 3.94. The second kappa shape index (κ2) is 11.1. The lowest BCUT2D eigenvalue weighted by Crippen LogP contribution is -2.15. The zero-order valence-corrected chi connectivity index (χ0v) is 17.6. The van der Waals surface area contributed by atoms with Crippen LogP contribution in [0, 0.1) is 0 Å². The van der Waals surface area contributed by atoms with Crippen LogP contribution in [0.25, 0.3) is 0 Å². The van der Waals surface area contributed by atoms with E-state index in [1.165, 1.54) is 25.7 Å². The molecule has 0 radical (unpaired) electrons. The van der Waals surface area contributed by atoms with Crippen LogP contribution in [0.5, 0.6) is 5.75 Å². The minimum Gasteiger partial charge on any atom is -0.489 e. The van der Waals surface area contributed by atoms with E-state index in [1.54, 1.807) is 6.07 Å². The van der Waals surface area contributed by atoms with Crippen LogP contribution in [-0.2, 0) is 13.2 Å². The van der Waals surface area contributed by atoms with Gasteiger partial charge < -0.3 is 10.1 Å². The molecule has 0 fully saturated rings.